The second-order valence-corrected chi connectivity index (χ2v) is 6.49. The van der Waals surface area contributed by atoms with E-state index in [-0.39, 0.29) is 11.5 Å². The molecule has 0 radical (unpaired) electrons. The quantitative estimate of drug-likeness (QED) is 0.621. The Morgan fingerprint density at radius 3 is 2.50 bits per heavy atom. The first kappa shape index (κ1) is 13.3. The molecule has 0 spiro atoms. The molecule has 0 fully saturated rings. The van der Waals surface area contributed by atoms with Crippen LogP contribution in [-0.2, 0) is 14.3 Å². The monoisotopic (exact) mass is 266 g/mol. The van der Waals surface area contributed by atoms with Crippen LogP contribution >= 0.6 is 0 Å². The van der Waals surface area contributed by atoms with Crippen molar-refractivity contribution >= 4 is 10.1 Å². The van der Waals surface area contributed by atoms with Crippen LogP contribution < -0.4 is 0 Å². The van der Waals surface area contributed by atoms with Gasteiger partial charge in [-0.25, -0.2) is 0 Å². The molecule has 1 unspecified atom stereocenters. The van der Waals surface area contributed by atoms with Gasteiger partial charge < -0.3 is 0 Å². The summed E-state index contributed by atoms with van der Waals surface area (Å²) < 4.78 is 29.0. The van der Waals surface area contributed by atoms with E-state index in [2.05, 4.69) is 13.0 Å². The Labute approximate surface area is 109 Å². The Kier molecular flexibility index (Phi) is 3.88. The largest absolute Gasteiger partial charge is 0.297 e. The standard InChI is InChI=1S/C14H18O3S/c1-11-4-7-14(8-5-11)18(15,16)17-10-13-6-3-12(2)9-13/h4-5,7-9,12H,3,6,10H2,1-2H3. The summed E-state index contributed by atoms with van der Waals surface area (Å²) in [4.78, 5) is 0.222. The molecule has 98 valence electrons. The Morgan fingerprint density at radius 2 is 1.94 bits per heavy atom. The minimum absolute atomic E-state index is 0.181. The Balaban J connectivity index is 2.04. The van der Waals surface area contributed by atoms with Gasteiger partial charge in [-0.3, -0.25) is 4.18 Å². The van der Waals surface area contributed by atoms with Gasteiger partial charge in [-0.2, -0.15) is 8.42 Å². The van der Waals surface area contributed by atoms with E-state index in [9.17, 15) is 8.42 Å². The summed E-state index contributed by atoms with van der Waals surface area (Å²) in [5.41, 5.74) is 2.11. The van der Waals surface area contributed by atoms with E-state index in [0.29, 0.717) is 5.92 Å². The van der Waals surface area contributed by atoms with Gasteiger partial charge in [-0.1, -0.05) is 30.7 Å². The number of hydrogen-bond acceptors (Lipinski definition) is 3. The molecule has 1 aliphatic rings. The molecule has 1 atom stereocenters. The molecule has 0 saturated carbocycles. The van der Waals surface area contributed by atoms with Crippen LogP contribution in [0.3, 0.4) is 0 Å². The predicted molar refractivity (Wildman–Crippen MR) is 70.8 cm³/mol. The molecule has 1 aromatic rings. The maximum atomic E-state index is 11.9. The highest BCUT2D eigenvalue weighted by Gasteiger charge is 2.18. The average Bonchev–Trinajstić information content (AvgIpc) is 2.73. The van der Waals surface area contributed by atoms with Crippen molar-refractivity contribution in [2.24, 2.45) is 5.92 Å². The molecule has 3 nitrogen and oxygen atoms in total. The molecule has 0 saturated heterocycles. The smallest absolute Gasteiger partial charge is 0.262 e. The van der Waals surface area contributed by atoms with Crippen molar-refractivity contribution in [3.05, 3.63) is 41.5 Å². The third-order valence-corrected chi connectivity index (χ3v) is 4.43. The fourth-order valence-electron chi connectivity index (χ4n) is 2.03. The molecule has 1 aliphatic carbocycles. The van der Waals surface area contributed by atoms with E-state index in [0.717, 1.165) is 24.0 Å². The summed E-state index contributed by atoms with van der Waals surface area (Å²) in [6.45, 7) is 4.23. The average molecular weight is 266 g/mol. The zero-order valence-corrected chi connectivity index (χ0v) is 11.5. The normalized spacial score (nSPS) is 19.9. The fourth-order valence-corrected chi connectivity index (χ4v) is 2.94. The second kappa shape index (κ2) is 5.24. The van der Waals surface area contributed by atoms with Gasteiger partial charge in [0, 0.05) is 0 Å². The Bertz CT molecular complexity index is 541. The van der Waals surface area contributed by atoms with E-state index >= 15 is 0 Å². The number of hydrogen-bond donors (Lipinski definition) is 0. The van der Waals surface area contributed by atoms with Gasteiger partial charge in [0.15, 0.2) is 0 Å². The minimum Gasteiger partial charge on any atom is -0.262 e. The van der Waals surface area contributed by atoms with Gasteiger partial charge >= 0.3 is 0 Å². The highest BCUT2D eigenvalue weighted by Crippen LogP contribution is 2.24. The molecule has 4 heteroatoms. The second-order valence-electron chi connectivity index (χ2n) is 4.87. The van der Waals surface area contributed by atoms with Gasteiger partial charge in [0.2, 0.25) is 0 Å². The van der Waals surface area contributed by atoms with E-state index < -0.39 is 10.1 Å². The molecule has 0 heterocycles. The van der Waals surface area contributed by atoms with Gasteiger partial charge in [-0.05, 0) is 43.4 Å². The molecule has 2 rings (SSSR count). The first-order valence-electron chi connectivity index (χ1n) is 6.13. The zero-order valence-electron chi connectivity index (χ0n) is 10.7. The third kappa shape index (κ3) is 3.21. The van der Waals surface area contributed by atoms with E-state index in [4.69, 9.17) is 4.18 Å². The molecular weight excluding hydrogens is 248 g/mol. The maximum Gasteiger partial charge on any atom is 0.297 e. The first-order valence-corrected chi connectivity index (χ1v) is 7.54. The van der Waals surface area contributed by atoms with Crippen LogP contribution in [0.2, 0.25) is 0 Å². The van der Waals surface area contributed by atoms with E-state index in [1.807, 2.05) is 6.92 Å². The number of allylic oxidation sites excluding steroid dienone is 1. The summed E-state index contributed by atoms with van der Waals surface area (Å²) in [7, 11) is -3.62. The summed E-state index contributed by atoms with van der Waals surface area (Å²) >= 11 is 0. The maximum absolute atomic E-state index is 11.9. The van der Waals surface area contributed by atoms with Crippen molar-refractivity contribution < 1.29 is 12.6 Å². The number of benzene rings is 1. The topological polar surface area (TPSA) is 43.4 Å². The van der Waals surface area contributed by atoms with Gasteiger partial charge in [0.25, 0.3) is 10.1 Å². The van der Waals surface area contributed by atoms with Gasteiger partial charge in [0.05, 0.1) is 11.5 Å². The van der Waals surface area contributed by atoms with Gasteiger partial charge in [0.1, 0.15) is 0 Å². The van der Waals surface area contributed by atoms with Crippen molar-refractivity contribution in [2.45, 2.75) is 31.6 Å². The van der Waals surface area contributed by atoms with Crippen molar-refractivity contribution in [1.82, 2.24) is 0 Å². The molecule has 0 amide bonds. The summed E-state index contributed by atoms with van der Waals surface area (Å²) in [6, 6.07) is 6.70. The Hall–Kier alpha value is -1.13. The summed E-state index contributed by atoms with van der Waals surface area (Å²) in [5.74, 6) is 0.533. The highest BCUT2D eigenvalue weighted by atomic mass is 32.2. The third-order valence-electron chi connectivity index (χ3n) is 3.15. The van der Waals surface area contributed by atoms with Crippen LogP contribution in [0.4, 0.5) is 0 Å². The van der Waals surface area contributed by atoms with Crippen molar-refractivity contribution in [3.63, 3.8) is 0 Å². The van der Waals surface area contributed by atoms with E-state index in [1.165, 1.54) is 0 Å². The number of aryl methyl sites for hydroxylation is 1. The van der Waals surface area contributed by atoms with E-state index in [1.54, 1.807) is 24.3 Å². The van der Waals surface area contributed by atoms with Crippen molar-refractivity contribution in [1.29, 1.82) is 0 Å². The number of rotatable bonds is 4. The van der Waals surface area contributed by atoms with Crippen LogP contribution in [0.5, 0.6) is 0 Å². The zero-order chi connectivity index (χ0) is 13.2. The summed E-state index contributed by atoms with van der Waals surface area (Å²) in [6.07, 6.45) is 4.12. The lowest BCUT2D eigenvalue weighted by atomic mass is 10.2. The lowest BCUT2D eigenvalue weighted by molar-refractivity contribution is 0.345. The predicted octanol–water partition coefficient (Wildman–Crippen LogP) is 3.06. The molecule has 0 aliphatic heterocycles. The van der Waals surface area contributed by atoms with Crippen molar-refractivity contribution in [3.8, 4) is 0 Å². The lowest BCUT2D eigenvalue weighted by Gasteiger charge is -2.06. The fraction of sp³-hybridized carbons (Fsp3) is 0.429. The van der Waals surface area contributed by atoms with Crippen LogP contribution in [0.15, 0.2) is 40.8 Å². The SMILES string of the molecule is Cc1ccc(S(=O)(=O)OCC2=CC(C)CC2)cc1. The lowest BCUT2D eigenvalue weighted by Crippen LogP contribution is -2.08. The molecule has 0 aromatic heterocycles. The van der Waals surface area contributed by atoms with Crippen LogP contribution in [-0.4, -0.2) is 15.0 Å². The molecular formula is C14H18O3S. The van der Waals surface area contributed by atoms with Crippen molar-refractivity contribution in [2.75, 3.05) is 6.61 Å². The minimum atomic E-state index is -3.62. The molecule has 0 bridgehead atoms. The van der Waals surface area contributed by atoms with Gasteiger partial charge in [-0.15, -0.1) is 0 Å². The molecule has 18 heavy (non-hydrogen) atoms. The van der Waals surface area contributed by atoms with Crippen LogP contribution in [0.25, 0.3) is 0 Å². The molecule has 0 N–H and O–H groups in total. The molecule has 1 aromatic carbocycles. The van der Waals surface area contributed by atoms with Crippen LogP contribution in [0, 0.1) is 12.8 Å². The summed E-state index contributed by atoms with van der Waals surface area (Å²) in [5, 5.41) is 0. The van der Waals surface area contributed by atoms with Crippen LogP contribution in [0.1, 0.15) is 25.3 Å². The first-order chi connectivity index (χ1) is 8.47. The highest BCUT2D eigenvalue weighted by molar-refractivity contribution is 7.86. The Morgan fingerprint density at radius 1 is 1.28 bits per heavy atom.